The Bertz CT molecular complexity index is 1110. The molecule has 122 valence electrons. The van der Waals surface area contributed by atoms with Crippen LogP contribution in [0.15, 0.2) is 65.8 Å². The largest absolute Gasteiger partial charge is 0.506 e. The fourth-order valence-electron chi connectivity index (χ4n) is 2.73. The van der Waals surface area contributed by atoms with Crippen molar-refractivity contribution < 1.29 is 5.11 Å². The quantitative estimate of drug-likeness (QED) is 0.436. The highest BCUT2D eigenvalue weighted by Crippen LogP contribution is 2.25. The highest BCUT2D eigenvalue weighted by atomic mass is 16.3. The maximum absolute atomic E-state index is 9.99. The molecule has 0 aliphatic carbocycles. The van der Waals surface area contributed by atoms with Crippen molar-refractivity contribution in [2.45, 2.75) is 6.92 Å². The second kappa shape index (κ2) is 6.20. The van der Waals surface area contributed by atoms with Crippen molar-refractivity contribution in [1.29, 1.82) is 0 Å². The molecule has 2 aromatic carbocycles. The SMILES string of the molecule is Cc1ccc2c(/C=N\Nc3ccc4ccccc4n3)ccc(O)c2n1. The van der Waals surface area contributed by atoms with Crippen LogP contribution in [0.25, 0.3) is 21.8 Å². The van der Waals surface area contributed by atoms with Crippen LogP contribution in [0.4, 0.5) is 5.82 Å². The van der Waals surface area contributed by atoms with Gasteiger partial charge in [-0.1, -0.05) is 24.3 Å². The standard InChI is InChI=1S/C20H16N4O/c1-13-6-9-16-15(7-10-18(25)20(16)22-13)12-21-24-19-11-8-14-4-2-3-5-17(14)23-19/h2-12,25H,1H3,(H,23,24)/b21-12-. The molecular formula is C20H16N4O. The summed E-state index contributed by atoms with van der Waals surface area (Å²) in [6.45, 7) is 1.90. The number of phenolic OH excluding ortho intramolecular Hbond substituents is 1. The first-order valence-corrected chi connectivity index (χ1v) is 7.95. The molecule has 0 spiro atoms. The van der Waals surface area contributed by atoms with Crippen molar-refractivity contribution in [2.75, 3.05) is 5.43 Å². The summed E-state index contributed by atoms with van der Waals surface area (Å²) < 4.78 is 0. The number of para-hydroxylation sites is 1. The van der Waals surface area contributed by atoms with Gasteiger partial charge in [-0.15, -0.1) is 0 Å². The number of anilines is 1. The van der Waals surface area contributed by atoms with Crippen molar-refractivity contribution in [2.24, 2.45) is 5.10 Å². The summed E-state index contributed by atoms with van der Waals surface area (Å²) in [4.78, 5) is 8.91. The molecule has 0 amide bonds. The van der Waals surface area contributed by atoms with E-state index in [9.17, 15) is 5.11 Å². The highest BCUT2D eigenvalue weighted by molar-refractivity contribution is 6.00. The molecule has 0 bridgehead atoms. The summed E-state index contributed by atoms with van der Waals surface area (Å²) in [5.41, 5.74) is 6.17. The summed E-state index contributed by atoms with van der Waals surface area (Å²) in [6.07, 6.45) is 1.70. The van der Waals surface area contributed by atoms with Gasteiger partial charge in [-0.2, -0.15) is 5.10 Å². The van der Waals surface area contributed by atoms with E-state index in [1.165, 1.54) is 0 Å². The third-order valence-corrected chi connectivity index (χ3v) is 3.99. The van der Waals surface area contributed by atoms with Crippen LogP contribution in [0.1, 0.15) is 11.3 Å². The Morgan fingerprint density at radius 2 is 1.84 bits per heavy atom. The van der Waals surface area contributed by atoms with E-state index >= 15 is 0 Å². The van der Waals surface area contributed by atoms with Crippen molar-refractivity contribution in [3.05, 3.63) is 71.9 Å². The van der Waals surface area contributed by atoms with Gasteiger partial charge < -0.3 is 5.11 Å². The topological polar surface area (TPSA) is 70.4 Å². The molecule has 2 aromatic heterocycles. The van der Waals surface area contributed by atoms with Gasteiger partial charge in [0, 0.05) is 22.0 Å². The van der Waals surface area contributed by atoms with Crippen LogP contribution in [0.2, 0.25) is 0 Å². The van der Waals surface area contributed by atoms with Crippen molar-refractivity contribution in [3.8, 4) is 5.75 Å². The highest BCUT2D eigenvalue weighted by Gasteiger charge is 2.05. The molecule has 0 radical (unpaired) electrons. The molecule has 25 heavy (non-hydrogen) atoms. The molecule has 4 rings (SSSR count). The van der Waals surface area contributed by atoms with Crippen LogP contribution in [0.3, 0.4) is 0 Å². The third kappa shape index (κ3) is 2.99. The second-order valence-corrected chi connectivity index (χ2v) is 5.78. The minimum absolute atomic E-state index is 0.167. The first-order chi connectivity index (χ1) is 12.2. The molecule has 2 N–H and O–H groups in total. The van der Waals surface area contributed by atoms with E-state index in [-0.39, 0.29) is 5.75 Å². The Kier molecular flexibility index (Phi) is 3.74. The number of benzene rings is 2. The average Bonchev–Trinajstić information content (AvgIpc) is 2.64. The Labute approximate surface area is 144 Å². The first-order valence-electron chi connectivity index (χ1n) is 7.95. The van der Waals surface area contributed by atoms with Crippen LogP contribution < -0.4 is 5.43 Å². The van der Waals surface area contributed by atoms with Gasteiger partial charge in [-0.3, -0.25) is 5.43 Å². The minimum Gasteiger partial charge on any atom is -0.506 e. The number of aryl methyl sites for hydroxylation is 1. The van der Waals surface area contributed by atoms with E-state index in [0.29, 0.717) is 11.3 Å². The molecule has 5 nitrogen and oxygen atoms in total. The van der Waals surface area contributed by atoms with Crippen LogP contribution >= 0.6 is 0 Å². The van der Waals surface area contributed by atoms with E-state index in [1.807, 2.05) is 61.5 Å². The summed E-state index contributed by atoms with van der Waals surface area (Å²) in [7, 11) is 0. The number of phenols is 1. The molecule has 5 heteroatoms. The van der Waals surface area contributed by atoms with Crippen LogP contribution in [-0.2, 0) is 0 Å². The molecule has 0 fully saturated rings. The number of aromatic nitrogens is 2. The molecule has 0 atom stereocenters. The molecule has 0 aliphatic heterocycles. The number of fused-ring (bicyclic) bond motifs is 2. The number of hydrogen-bond acceptors (Lipinski definition) is 5. The third-order valence-electron chi connectivity index (χ3n) is 3.99. The Morgan fingerprint density at radius 3 is 2.76 bits per heavy atom. The van der Waals surface area contributed by atoms with Crippen molar-refractivity contribution in [3.63, 3.8) is 0 Å². The Balaban J connectivity index is 1.63. The molecular weight excluding hydrogens is 312 g/mol. The number of pyridine rings is 2. The predicted octanol–water partition coefficient (Wildman–Crippen LogP) is 4.24. The summed E-state index contributed by atoms with van der Waals surface area (Å²) >= 11 is 0. The van der Waals surface area contributed by atoms with Crippen LogP contribution in [0, 0.1) is 6.92 Å². The lowest BCUT2D eigenvalue weighted by Gasteiger charge is -2.05. The zero-order chi connectivity index (χ0) is 17.2. The molecule has 0 saturated carbocycles. The number of nitrogens with one attached hydrogen (secondary N) is 1. The number of rotatable bonds is 3. The predicted molar refractivity (Wildman–Crippen MR) is 101 cm³/mol. The number of nitrogens with zero attached hydrogens (tertiary/aromatic N) is 3. The molecule has 0 saturated heterocycles. The van der Waals surface area contributed by atoms with Gasteiger partial charge in [0.1, 0.15) is 17.1 Å². The number of aromatic hydroxyl groups is 1. The van der Waals surface area contributed by atoms with E-state index in [4.69, 9.17) is 0 Å². The van der Waals surface area contributed by atoms with Crippen molar-refractivity contribution in [1.82, 2.24) is 9.97 Å². The zero-order valence-corrected chi connectivity index (χ0v) is 13.6. The average molecular weight is 328 g/mol. The fourth-order valence-corrected chi connectivity index (χ4v) is 2.73. The summed E-state index contributed by atoms with van der Waals surface area (Å²) in [5, 5.41) is 16.2. The lowest BCUT2D eigenvalue weighted by atomic mass is 10.1. The second-order valence-electron chi connectivity index (χ2n) is 5.78. The van der Waals surface area contributed by atoms with Crippen LogP contribution in [0.5, 0.6) is 5.75 Å². The van der Waals surface area contributed by atoms with Gasteiger partial charge in [-0.05, 0) is 43.3 Å². The zero-order valence-electron chi connectivity index (χ0n) is 13.6. The monoisotopic (exact) mass is 328 g/mol. The molecule has 2 heterocycles. The van der Waals surface area contributed by atoms with E-state index < -0.39 is 0 Å². The molecule has 0 aliphatic rings. The lowest BCUT2D eigenvalue weighted by Crippen LogP contribution is -1.95. The normalized spacial score (nSPS) is 11.4. The smallest absolute Gasteiger partial charge is 0.146 e. The first kappa shape index (κ1) is 15.1. The van der Waals surface area contributed by atoms with Gasteiger partial charge in [0.2, 0.25) is 0 Å². The lowest BCUT2D eigenvalue weighted by molar-refractivity contribution is 0.480. The number of hydrazone groups is 1. The van der Waals surface area contributed by atoms with Crippen molar-refractivity contribution >= 4 is 33.8 Å². The van der Waals surface area contributed by atoms with Gasteiger partial charge >= 0.3 is 0 Å². The summed E-state index contributed by atoms with van der Waals surface area (Å²) in [5.74, 6) is 0.840. The van der Waals surface area contributed by atoms with E-state index in [1.54, 1.807) is 12.3 Å². The Hall–Kier alpha value is -3.47. The van der Waals surface area contributed by atoms with Gasteiger partial charge in [0.05, 0.1) is 11.7 Å². The van der Waals surface area contributed by atoms with Gasteiger partial charge in [0.15, 0.2) is 0 Å². The minimum atomic E-state index is 0.167. The number of hydrogen-bond donors (Lipinski definition) is 2. The van der Waals surface area contributed by atoms with E-state index in [2.05, 4.69) is 20.5 Å². The summed E-state index contributed by atoms with van der Waals surface area (Å²) in [6, 6.07) is 19.1. The molecule has 4 aromatic rings. The van der Waals surface area contributed by atoms with Gasteiger partial charge in [0.25, 0.3) is 0 Å². The van der Waals surface area contributed by atoms with E-state index in [0.717, 1.165) is 27.5 Å². The maximum Gasteiger partial charge on any atom is 0.146 e. The Morgan fingerprint density at radius 1 is 0.960 bits per heavy atom. The fraction of sp³-hybridized carbons (Fsp3) is 0.0500. The van der Waals surface area contributed by atoms with Gasteiger partial charge in [-0.25, -0.2) is 9.97 Å². The van der Waals surface area contributed by atoms with Crippen LogP contribution in [-0.4, -0.2) is 21.3 Å². The maximum atomic E-state index is 9.99. The molecule has 0 unspecified atom stereocenters.